The highest BCUT2D eigenvalue weighted by molar-refractivity contribution is 5.53. The van der Waals surface area contributed by atoms with Crippen LogP contribution in [0.4, 0.5) is 0 Å². The second kappa shape index (κ2) is 1.44. The molecule has 0 fully saturated rings. The molecule has 0 aromatic heterocycles. The Hall–Kier alpha value is -1.65. The second-order valence-corrected chi connectivity index (χ2v) is 1.83. The molecule has 0 unspecified atom stereocenters. The molecule has 5 nitrogen and oxygen atoms in total. The van der Waals surface area contributed by atoms with E-state index < -0.39 is 11.1 Å². The zero-order valence-corrected chi connectivity index (χ0v) is 4.74. The molecule has 0 aromatic rings. The van der Waals surface area contributed by atoms with Gasteiger partial charge in [0.2, 0.25) is 0 Å². The van der Waals surface area contributed by atoms with E-state index in [4.69, 9.17) is 0 Å². The van der Waals surface area contributed by atoms with Crippen molar-refractivity contribution >= 4 is 0 Å². The van der Waals surface area contributed by atoms with E-state index in [1.165, 1.54) is 6.07 Å². The van der Waals surface area contributed by atoms with Gasteiger partial charge in [-0.2, -0.15) is 0 Å². The van der Waals surface area contributed by atoms with E-state index in [-0.39, 0.29) is 11.4 Å². The quantitative estimate of drug-likeness (QED) is 0.443. The molecule has 48 valence electrons. The van der Waals surface area contributed by atoms with Crippen LogP contribution in [-0.2, 0) is 0 Å². The van der Waals surface area contributed by atoms with Gasteiger partial charge in [0, 0.05) is 6.07 Å². The molecule has 2 aliphatic rings. The molecule has 2 aliphatic heterocycles. The maximum atomic E-state index is 10.6. The molecule has 0 saturated heterocycles. The fourth-order valence-electron chi connectivity index (χ4n) is 0.765. The number of fused-ring (bicyclic) bond motifs is 1. The highest BCUT2D eigenvalue weighted by atomic mass is 16.1. The summed E-state index contributed by atoms with van der Waals surface area (Å²) in [5, 5.41) is 6.60. The molecule has 0 aromatic carbocycles. The molecule has 5 heteroatoms. The highest BCUT2D eigenvalue weighted by Gasteiger charge is 2.14. The van der Waals surface area contributed by atoms with Gasteiger partial charge in [0.15, 0.2) is 5.69 Å². The molecule has 2 rings (SSSR count). The monoisotopic (exact) mass is 135 g/mol. The maximum absolute atomic E-state index is 10.6. The Labute approximate surface area is 54.4 Å². The van der Waals surface area contributed by atoms with Crippen LogP contribution >= 0.6 is 0 Å². The van der Waals surface area contributed by atoms with E-state index in [9.17, 15) is 9.59 Å². The Bertz CT molecular complexity index is 415. The van der Waals surface area contributed by atoms with Gasteiger partial charge < -0.3 is 0 Å². The molecule has 10 heavy (non-hydrogen) atoms. The van der Waals surface area contributed by atoms with E-state index in [2.05, 4.69) is 15.2 Å². The van der Waals surface area contributed by atoms with Gasteiger partial charge >= 0.3 is 5.56 Å². The lowest BCUT2D eigenvalue weighted by Gasteiger charge is -1.69. The van der Waals surface area contributed by atoms with Crippen molar-refractivity contribution in [2.75, 3.05) is 0 Å². The fourth-order valence-corrected chi connectivity index (χ4v) is 0.765. The van der Waals surface area contributed by atoms with Crippen molar-refractivity contribution in [1.82, 2.24) is 15.2 Å². The van der Waals surface area contributed by atoms with E-state index in [0.717, 1.165) is 0 Å². The minimum Gasteiger partial charge on any atom is -0.267 e. The van der Waals surface area contributed by atoms with Crippen LogP contribution in [0.15, 0.2) is 15.7 Å². The topological polar surface area (TPSA) is 72.8 Å². The van der Waals surface area contributed by atoms with Gasteiger partial charge in [0.05, 0.1) is 0 Å². The minimum atomic E-state index is -0.530. The molecule has 0 bridgehead atoms. The highest BCUT2D eigenvalue weighted by Crippen LogP contribution is 2.05. The average molecular weight is 135 g/mol. The van der Waals surface area contributed by atoms with Gasteiger partial charge in [-0.25, -0.2) is 4.98 Å². The standard InChI is InChI=1S/C5HN3O2/c9-3-1-2-4(6-3)5(10)8-7-2/h1H. The summed E-state index contributed by atoms with van der Waals surface area (Å²) in [5.41, 5.74) is -0.603. The Morgan fingerprint density at radius 2 is 2.00 bits per heavy atom. The summed E-state index contributed by atoms with van der Waals surface area (Å²) in [6.45, 7) is 0. The van der Waals surface area contributed by atoms with Crippen molar-refractivity contribution in [1.29, 1.82) is 0 Å². The number of aromatic nitrogens is 3. The number of rotatable bonds is 0. The SMILES string of the molecule is O=c1cc2nnc(=O)c-2n1. The van der Waals surface area contributed by atoms with E-state index in [1.54, 1.807) is 0 Å². The Kier molecular flexibility index (Phi) is 0.743. The van der Waals surface area contributed by atoms with Gasteiger partial charge in [-0.1, -0.05) is 0 Å². The lowest BCUT2D eigenvalue weighted by Crippen LogP contribution is -2.03. The van der Waals surface area contributed by atoms with Crippen molar-refractivity contribution in [3.05, 3.63) is 26.8 Å². The maximum Gasteiger partial charge on any atom is 0.316 e. The molecule has 0 aliphatic carbocycles. The smallest absolute Gasteiger partial charge is 0.267 e. The molecule has 0 saturated carbocycles. The molecule has 0 radical (unpaired) electrons. The van der Waals surface area contributed by atoms with Gasteiger partial charge in [-0.3, -0.25) is 9.59 Å². The predicted octanol–water partition coefficient (Wildman–Crippen LogP) is -1.43. The lowest BCUT2D eigenvalue weighted by atomic mass is 10.4. The predicted molar refractivity (Wildman–Crippen MR) is 31.4 cm³/mol. The number of nitrogens with zero attached hydrogens (tertiary/aromatic N) is 3. The van der Waals surface area contributed by atoms with Gasteiger partial charge in [0.25, 0.3) is 5.56 Å². The van der Waals surface area contributed by atoms with Crippen molar-refractivity contribution in [3.8, 4) is 11.4 Å². The van der Waals surface area contributed by atoms with E-state index >= 15 is 0 Å². The summed E-state index contributed by atoms with van der Waals surface area (Å²) in [5.74, 6) is 0. The Morgan fingerprint density at radius 3 is 2.70 bits per heavy atom. The van der Waals surface area contributed by atoms with Crippen molar-refractivity contribution in [2.45, 2.75) is 0 Å². The van der Waals surface area contributed by atoms with E-state index in [0.29, 0.717) is 0 Å². The largest absolute Gasteiger partial charge is 0.316 e. The lowest BCUT2D eigenvalue weighted by molar-refractivity contribution is 1.06. The number of hydrogen-bond acceptors (Lipinski definition) is 5. The summed E-state index contributed by atoms with van der Waals surface area (Å²) in [6.07, 6.45) is 0. The summed E-state index contributed by atoms with van der Waals surface area (Å²) in [6, 6.07) is 1.18. The van der Waals surface area contributed by atoms with Gasteiger partial charge in [0.1, 0.15) is 5.69 Å². The Balaban J connectivity index is 3.00. The van der Waals surface area contributed by atoms with Crippen LogP contribution in [0.1, 0.15) is 0 Å². The molecule has 0 atom stereocenters. The molecule has 0 spiro atoms. The summed E-state index contributed by atoms with van der Waals surface area (Å²) in [7, 11) is 0. The molecule has 2 heterocycles. The molecular weight excluding hydrogens is 134 g/mol. The van der Waals surface area contributed by atoms with Gasteiger partial charge in [-0.05, 0) is 0 Å². The van der Waals surface area contributed by atoms with Crippen LogP contribution in [0.3, 0.4) is 0 Å². The first-order chi connectivity index (χ1) is 4.77. The first-order valence-corrected chi connectivity index (χ1v) is 2.58. The van der Waals surface area contributed by atoms with Crippen LogP contribution < -0.4 is 11.1 Å². The van der Waals surface area contributed by atoms with Gasteiger partial charge in [-0.15, -0.1) is 10.2 Å². The number of hydrogen-bond donors (Lipinski definition) is 0. The van der Waals surface area contributed by atoms with Crippen LogP contribution in [0.2, 0.25) is 0 Å². The minimum absolute atomic E-state index is 0.0741. The molecule has 0 N–H and O–H groups in total. The van der Waals surface area contributed by atoms with Crippen LogP contribution in [0.5, 0.6) is 0 Å². The summed E-state index contributed by atoms with van der Waals surface area (Å²) < 4.78 is 0. The third kappa shape index (κ3) is 0.485. The third-order valence-corrected chi connectivity index (χ3v) is 1.18. The first-order valence-electron chi connectivity index (χ1n) is 2.58. The third-order valence-electron chi connectivity index (χ3n) is 1.18. The van der Waals surface area contributed by atoms with Crippen LogP contribution in [-0.4, -0.2) is 15.2 Å². The Morgan fingerprint density at radius 1 is 1.20 bits per heavy atom. The van der Waals surface area contributed by atoms with Crippen LogP contribution in [0.25, 0.3) is 11.4 Å². The second-order valence-electron chi connectivity index (χ2n) is 1.83. The van der Waals surface area contributed by atoms with Crippen LogP contribution in [0, 0.1) is 0 Å². The summed E-state index contributed by atoms with van der Waals surface area (Å²) in [4.78, 5) is 24.5. The normalized spacial score (nSPS) is 10.8. The van der Waals surface area contributed by atoms with Crippen molar-refractivity contribution < 1.29 is 0 Å². The average Bonchev–Trinajstić information content (AvgIpc) is 2.35. The molecule has 0 amide bonds. The first kappa shape index (κ1) is 5.16. The van der Waals surface area contributed by atoms with Crippen molar-refractivity contribution in [3.63, 3.8) is 0 Å². The van der Waals surface area contributed by atoms with Crippen molar-refractivity contribution in [2.24, 2.45) is 0 Å². The van der Waals surface area contributed by atoms with E-state index in [1.807, 2.05) is 0 Å². The fraction of sp³-hybridized carbons (Fsp3) is 0. The summed E-state index contributed by atoms with van der Waals surface area (Å²) >= 11 is 0. The zero-order chi connectivity index (χ0) is 7.14. The molecular formula is C5HN3O2. The zero-order valence-electron chi connectivity index (χ0n) is 4.74.